The summed E-state index contributed by atoms with van der Waals surface area (Å²) in [5.74, 6) is -0.291. The van der Waals surface area contributed by atoms with E-state index in [1.165, 1.54) is 0 Å². The number of thiophene rings is 1. The number of esters is 1. The number of ether oxygens (including phenoxy) is 1. The van der Waals surface area contributed by atoms with Crippen LogP contribution in [0.2, 0.25) is 0 Å². The minimum absolute atomic E-state index is 0.291. The monoisotopic (exact) mass is 226 g/mol. The van der Waals surface area contributed by atoms with Crippen LogP contribution in [0, 0.1) is 0 Å². The molecule has 1 aromatic rings. The van der Waals surface area contributed by atoms with Crippen LogP contribution in [0.5, 0.6) is 5.06 Å². The van der Waals surface area contributed by atoms with Crippen LogP contribution in [-0.2, 0) is 17.6 Å². The summed E-state index contributed by atoms with van der Waals surface area (Å²) < 4.78 is 4.97. The lowest BCUT2D eigenvalue weighted by molar-refractivity contribution is 0.0530. The number of carbonyl (C=O) groups excluding carboxylic acids is 1. The highest BCUT2D eigenvalue weighted by Crippen LogP contribution is 2.39. The molecule has 0 saturated carbocycles. The summed E-state index contributed by atoms with van der Waals surface area (Å²) >= 11 is 1.16. The molecule has 1 aromatic heterocycles. The zero-order valence-corrected chi connectivity index (χ0v) is 9.52. The molecule has 0 saturated heterocycles. The summed E-state index contributed by atoms with van der Waals surface area (Å²) in [6.07, 6.45) is 3.97. The van der Waals surface area contributed by atoms with Crippen molar-refractivity contribution in [2.45, 2.75) is 32.6 Å². The first-order valence-electron chi connectivity index (χ1n) is 5.24. The highest BCUT2D eigenvalue weighted by Gasteiger charge is 2.25. The molecule has 15 heavy (non-hydrogen) atoms. The summed E-state index contributed by atoms with van der Waals surface area (Å²) in [6.45, 7) is 2.17. The van der Waals surface area contributed by atoms with E-state index in [-0.39, 0.29) is 5.97 Å². The molecule has 82 valence electrons. The first-order chi connectivity index (χ1) is 7.24. The summed E-state index contributed by atoms with van der Waals surface area (Å²) in [5.41, 5.74) is 1.98. The summed E-state index contributed by atoms with van der Waals surface area (Å²) in [7, 11) is 0. The van der Waals surface area contributed by atoms with Crippen LogP contribution in [0.4, 0.5) is 0 Å². The van der Waals surface area contributed by atoms with Crippen molar-refractivity contribution in [1.29, 1.82) is 0 Å². The van der Waals surface area contributed by atoms with Gasteiger partial charge in [0.1, 0.15) is 4.88 Å². The lowest BCUT2D eigenvalue weighted by atomic mass is 9.93. The van der Waals surface area contributed by atoms with Crippen molar-refractivity contribution < 1.29 is 14.6 Å². The van der Waals surface area contributed by atoms with Gasteiger partial charge in [0.15, 0.2) is 5.06 Å². The normalized spacial score (nSPS) is 14.7. The van der Waals surface area contributed by atoms with Crippen LogP contribution in [0.3, 0.4) is 0 Å². The summed E-state index contributed by atoms with van der Waals surface area (Å²) in [4.78, 5) is 12.2. The minimum Gasteiger partial charge on any atom is -0.499 e. The number of fused-ring (bicyclic) bond motifs is 1. The third kappa shape index (κ3) is 1.86. The van der Waals surface area contributed by atoms with Crippen molar-refractivity contribution in [3.63, 3.8) is 0 Å². The Hall–Kier alpha value is -1.03. The van der Waals surface area contributed by atoms with Crippen LogP contribution in [0.15, 0.2) is 0 Å². The third-order valence-corrected chi connectivity index (χ3v) is 3.72. The van der Waals surface area contributed by atoms with E-state index in [0.717, 1.165) is 48.1 Å². The predicted molar refractivity (Wildman–Crippen MR) is 58.6 cm³/mol. The number of hydrogen-bond donors (Lipinski definition) is 1. The molecule has 4 heteroatoms. The van der Waals surface area contributed by atoms with Gasteiger partial charge in [0.05, 0.1) is 6.61 Å². The van der Waals surface area contributed by atoms with Crippen molar-refractivity contribution in [2.75, 3.05) is 6.61 Å². The van der Waals surface area contributed by atoms with E-state index >= 15 is 0 Å². The van der Waals surface area contributed by atoms with Crippen LogP contribution >= 0.6 is 11.3 Å². The SMILES string of the molecule is CCOC(=O)c1sc(O)c2c1CCCC2. The summed E-state index contributed by atoms with van der Waals surface area (Å²) in [5, 5.41) is 10.0. The van der Waals surface area contributed by atoms with E-state index in [1.807, 2.05) is 0 Å². The Labute approximate surface area is 92.7 Å². The van der Waals surface area contributed by atoms with Gasteiger partial charge in [-0.25, -0.2) is 4.79 Å². The summed E-state index contributed by atoms with van der Waals surface area (Å²) in [6, 6.07) is 0. The topological polar surface area (TPSA) is 46.5 Å². The van der Waals surface area contributed by atoms with Crippen molar-refractivity contribution in [2.24, 2.45) is 0 Å². The van der Waals surface area contributed by atoms with Gasteiger partial charge in [-0.05, 0) is 38.2 Å². The number of hydrogen-bond acceptors (Lipinski definition) is 4. The van der Waals surface area contributed by atoms with E-state index in [2.05, 4.69) is 0 Å². The van der Waals surface area contributed by atoms with Gasteiger partial charge in [0, 0.05) is 5.56 Å². The Balaban J connectivity index is 2.35. The molecule has 0 fully saturated rings. The minimum atomic E-state index is -0.291. The van der Waals surface area contributed by atoms with Crippen LogP contribution in [-0.4, -0.2) is 17.7 Å². The second-order valence-corrected chi connectivity index (χ2v) is 4.62. The average molecular weight is 226 g/mol. The van der Waals surface area contributed by atoms with E-state index < -0.39 is 0 Å². The standard InChI is InChI=1S/C11H14O3S/c1-2-14-10(12)9-7-5-3-4-6-8(7)11(13)15-9/h13H,2-6H2,1H3. The zero-order chi connectivity index (χ0) is 10.8. The molecule has 0 bridgehead atoms. The molecule has 0 aromatic carbocycles. The molecule has 1 aliphatic carbocycles. The second-order valence-electron chi connectivity index (χ2n) is 3.62. The first-order valence-corrected chi connectivity index (χ1v) is 6.06. The van der Waals surface area contributed by atoms with Gasteiger partial charge in [-0.3, -0.25) is 0 Å². The van der Waals surface area contributed by atoms with Gasteiger partial charge in [0.25, 0.3) is 0 Å². The fraction of sp³-hybridized carbons (Fsp3) is 0.545. The maximum atomic E-state index is 11.6. The fourth-order valence-electron chi connectivity index (χ4n) is 1.97. The molecule has 3 nitrogen and oxygen atoms in total. The Morgan fingerprint density at radius 2 is 2.07 bits per heavy atom. The van der Waals surface area contributed by atoms with Gasteiger partial charge in [0.2, 0.25) is 0 Å². The second kappa shape index (κ2) is 4.23. The molecule has 0 amide bonds. The Morgan fingerprint density at radius 1 is 1.40 bits per heavy atom. The Morgan fingerprint density at radius 3 is 2.73 bits per heavy atom. The number of carbonyl (C=O) groups is 1. The largest absolute Gasteiger partial charge is 0.499 e. The maximum absolute atomic E-state index is 11.6. The molecule has 0 aliphatic heterocycles. The molecule has 2 rings (SSSR count). The highest BCUT2D eigenvalue weighted by atomic mass is 32.1. The van der Waals surface area contributed by atoms with E-state index in [4.69, 9.17) is 4.74 Å². The highest BCUT2D eigenvalue weighted by molar-refractivity contribution is 7.16. The predicted octanol–water partition coefficient (Wildman–Crippen LogP) is 2.51. The zero-order valence-electron chi connectivity index (χ0n) is 8.71. The molecule has 0 atom stereocenters. The third-order valence-electron chi connectivity index (χ3n) is 2.66. The number of aromatic hydroxyl groups is 1. The lowest BCUT2D eigenvalue weighted by Crippen LogP contribution is -2.08. The molecule has 0 radical (unpaired) electrons. The van der Waals surface area contributed by atoms with Gasteiger partial charge < -0.3 is 9.84 Å². The molecule has 0 spiro atoms. The van der Waals surface area contributed by atoms with Crippen LogP contribution in [0.1, 0.15) is 40.6 Å². The van der Waals surface area contributed by atoms with Gasteiger partial charge in [-0.2, -0.15) is 0 Å². The van der Waals surface area contributed by atoms with Crippen molar-refractivity contribution in [3.05, 3.63) is 16.0 Å². The van der Waals surface area contributed by atoms with Crippen molar-refractivity contribution >= 4 is 17.3 Å². The fourth-order valence-corrected chi connectivity index (χ4v) is 3.01. The van der Waals surface area contributed by atoms with Gasteiger partial charge >= 0.3 is 5.97 Å². The molecule has 1 aliphatic rings. The first kappa shape index (κ1) is 10.5. The van der Waals surface area contributed by atoms with Crippen molar-refractivity contribution in [1.82, 2.24) is 0 Å². The smallest absolute Gasteiger partial charge is 0.348 e. The number of rotatable bonds is 2. The molecule has 1 N–H and O–H groups in total. The van der Waals surface area contributed by atoms with Crippen LogP contribution in [0.25, 0.3) is 0 Å². The molecule has 1 heterocycles. The van der Waals surface area contributed by atoms with Crippen molar-refractivity contribution in [3.8, 4) is 5.06 Å². The quantitative estimate of drug-likeness (QED) is 0.788. The van der Waals surface area contributed by atoms with Gasteiger partial charge in [-0.15, -0.1) is 0 Å². The van der Waals surface area contributed by atoms with Gasteiger partial charge in [-0.1, -0.05) is 11.3 Å². The molecular weight excluding hydrogens is 212 g/mol. The Kier molecular flexibility index (Phi) is 2.95. The van der Waals surface area contributed by atoms with Crippen LogP contribution < -0.4 is 0 Å². The molecule has 0 unspecified atom stereocenters. The Bertz CT molecular complexity index is 381. The van der Waals surface area contributed by atoms with E-state index in [9.17, 15) is 9.90 Å². The average Bonchev–Trinajstić information content (AvgIpc) is 2.58. The molecular formula is C11H14O3S. The van der Waals surface area contributed by atoms with E-state index in [1.54, 1.807) is 6.92 Å². The maximum Gasteiger partial charge on any atom is 0.348 e. The lowest BCUT2D eigenvalue weighted by Gasteiger charge is -2.12. The van der Waals surface area contributed by atoms with E-state index in [0.29, 0.717) is 16.5 Å².